The molecule has 1 aliphatic rings. The van der Waals surface area contributed by atoms with Gasteiger partial charge in [0.25, 0.3) is 0 Å². The third-order valence-corrected chi connectivity index (χ3v) is 4.01. The molecule has 0 atom stereocenters. The summed E-state index contributed by atoms with van der Waals surface area (Å²) in [5.41, 5.74) is 0. The van der Waals surface area contributed by atoms with E-state index in [0.717, 1.165) is 6.67 Å². The molecule has 1 rings (SSSR count). The largest absolute Gasteiger partial charge is 0.398 e. The molecule has 0 amide bonds. The Bertz CT molecular complexity index is 420. The molecule has 0 aromatic rings. The van der Waals surface area contributed by atoms with Gasteiger partial charge in [-0.1, -0.05) is 68.6 Å². The molecule has 1 heterocycles. The van der Waals surface area contributed by atoms with Gasteiger partial charge in [-0.3, -0.25) is 0 Å². The lowest BCUT2D eigenvalue weighted by Gasteiger charge is -2.17. The fraction of sp³-hybridized carbons (Fsp3) is 0.875. The summed E-state index contributed by atoms with van der Waals surface area (Å²) in [7, 11) is -2.94. The average molecular weight is 370 g/mol. The van der Waals surface area contributed by atoms with Crippen molar-refractivity contribution in [2.45, 2.75) is 71.1 Å². The first-order chi connectivity index (χ1) is 11.4. The van der Waals surface area contributed by atoms with Gasteiger partial charge in [0, 0.05) is 26.0 Å². The van der Waals surface area contributed by atoms with Crippen LogP contribution in [0, 0.1) is 0 Å². The maximum Gasteiger partial charge on any atom is 0.398 e. The molecule has 0 aliphatic carbocycles. The molecule has 24 heavy (non-hydrogen) atoms. The van der Waals surface area contributed by atoms with Gasteiger partial charge in [0.15, 0.2) is 0 Å². The van der Waals surface area contributed by atoms with Crippen molar-refractivity contribution in [3.8, 4) is 0 Å². The van der Waals surface area contributed by atoms with E-state index in [1.54, 1.807) is 0 Å². The van der Waals surface area contributed by atoms with E-state index in [9.17, 15) is 8.37 Å². The van der Waals surface area contributed by atoms with Gasteiger partial charge in [-0.25, -0.2) is 0 Å². The standard InChI is InChI=1S/C16H32N2.F2HNO2S/c1-3-4-5-6-7-8-9-10-11-12-13-18-15-14-17(2)16-18;1-3-6(2,4)5/h14-15H,3-13,16H2,1-2H3;3H. The number of nitrogens with zero attached hydrogens (tertiary/aromatic N) is 2. The van der Waals surface area contributed by atoms with Crippen LogP contribution in [-0.2, 0) is 10.4 Å². The van der Waals surface area contributed by atoms with Gasteiger partial charge in [0.2, 0.25) is 0 Å². The minimum absolute atomic E-state index is 0.0903. The van der Waals surface area contributed by atoms with Gasteiger partial charge in [-0.2, -0.15) is 8.42 Å². The third kappa shape index (κ3) is 16.0. The minimum atomic E-state index is -5.08. The van der Waals surface area contributed by atoms with Crippen LogP contribution in [0.2, 0.25) is 0 Å². The first-order valence-corrected chi connectivity index (χ1v) is 10.2. The van der Waals surface area contributed by atoms with Crippen molar-refractivity contribution >= 4 is 10.4 Å². The van der Waals surface area contributed by atoms with Gasteiger partial charge < -0.3 is 9.80 Å². The maximum absolute atomic E-state index is 10.6. The Morgan fingerprint density at radius 1 is 0.958 bits per heavy atom. The highest BCUT2D eigenvalue weighted by molar-refractivity contribution is 7.84. The molecule has 0 fully saturated rings. The van der Waals surface area contributed by atoms with Crippen LogP contribution in [0.3, 0.4) is 0 Å². The highest BCUT2D eigenvalue weighted by atomic mass is 32.3. The van der Waals surface area contributed by atoms with Crippen molar-refractivity contribution < 1.29 is 16.8 Å². The summed E-state index contributed by atoms with van der Waals surface area (Å²) in [6.45, 7) is 4.60. The van der Waals surface area contributed by atoms with E-state index in [1.165, 1.54) is 70.8 Å². The van der Waals surface area contributed by atoms with Crippen LogP contribution in [0.5, 0.6) is 0 Å². The Hall–Kier alpha value is -0.890. The van der Waals surface area contributed by atoms with Crippen LogP contribution < -0.4 is 4.94 Å². The third-order valence-electron chi connectivity index (χ3n) is 3.83. The van der Waals surface area contributed by atoms with Gasteiger partial charge in [0.05, 0.1) is 6.67 Å². The fourth-order valence-corrected chi connectivity index (χ4v) is 2.54. The lowest BCUT2D eigenvalue weighted by molar-refractivity contribution is 0.290. The summed E-state index contributed by atoms with van der Waals surface area (Å²) in [5.74, 6) is 0. The predicted octanol–water partition coefficient (Wildman–Crippen LogP) is 4.26. The van der Waals surface area contributed by atoms with Crippen LogP contribution >= 0.6 is 0 Å². The summed E-state index contributed by atoms with van der Waals surface area (Å²) in [4.78, 5) is 4.55. The van der Waals surface area contributed by atoms with Crippen molar-refractivity contribution in [2.24, 2.45) is 0 Å². The second kappa shape index (κ2) is 14.5. The number of nitrogens with one attached hydrogen (secondary N) is 1. The maximum atomic E-state index is 10.6. The molecular weight excluding hydrogens is 336 g/mol. The van der Waals surface area contributed by atoms with Crippen LogP contribution in [0.4, 0.5) is 8.37 Å². The summed E-state index contributed by atoms with van der Waals surface area (Å²) in [5, 5.41) is 0. The molecule has 0 spiro atoms. The SMILES string of the molecule is CCCCCCCCCCCCN1C=CN(C)C1.O=S(=O)(F)NF. The molecule has 0 aromatic carbocycles. The summed E-state index contributed by atoms with van der Waals surface area (Å²) in [6, 6.07) is 0. The van der Waals surface area contributed by atoms with Crippen molar-refractivity contribution in [2.75, 3.05) is 20.3 Å². The van der Waals surface area contributed by atoms with E-state index in [-0.39, 0.29) is 4.94 Å². The van der Waals surface area contributed by atoms with Gasteiger partial charge in [-0.15, -0.1) is 4.48 Å². The molecule has 0 radical (unpaired) electrons. The van der Waals surface area contributed by atoms with Crippen molar-refractivity contribution in [1.29, 1.82) is 0 Å². The Morgan fingerprint density at radius 2 is 1.42 bits per heavy atom. The molecule has 0 unspecified atom stereocenters. The molecule has 0 aromatic heterocycles. The number of halogens is 2. The normalized spacial score (nSPS) is 14.0. The summed E-state index contributed by atoms with van der Waals surface area (Å²) >= 11 is 0. The Morgan fingerprint density at radius 3 is 1.79 bits per heavy atom. The molecule has 1 N–H and O–H groups in total. The Balaban J connectivity index is 0.000000754. The summed E-state index contributed by atoms with van der Waals surface area (Å²) < 4.78 is 38.6. The average Bonchev–Trinajstić information content (AvgIpc) is 2.94. The van der Waals surface area contributed by atoms with Crippen molar-refractivity contribution in [1.82, 2.24) is 14.7 Å². The molecule has 5 nitrogen and oxygen atoms in total. The first kappa shape index (κ1) is 23.1. The Kier molecular flexibility index (Phi) is 13.9. The molecule has 0 bridgehead atoms. The zero-order valence-corrected chi connectivity index (χ0v) is 15.8. The Labute approximate surface area is 146 Å². The lowest BCUT2D eigenvalue weighted by atomic mass is 10.1. The zero-order valence-electron chi connectivity index (χ0n) is 15.0. The quantitative estimate of drug-likeness (QED) is 0.317. The first-order valence-electron chi connectivity index (χ1n) is 8.83. The molecule has 144 valence electrons. The lowest BCUT2D eigenvalue weighted by Crippen LogP contribution is -2.23. The number of unbranched alkanes of at least 4 members (excludes halogenated alkanes) is 9. The molecule has 8 heteroatoms. The smallest absolute Gasteiger partial charge is 0.362 e. The van der Waals surface area contributed by atoms with Crippen LogP contribution in [0.15, 0.2) is 12.4 Å². The van der Waals surface area contributed by atoms with Crippen LogP contribution in [0.1, 0.15) is 71.1 Å². The predicted molar refractivity (Wildman–Crippen MR) is 94.6 cm³/mol. The fourth-order valence-electron chi connectivity index (χ4n) is 2.54. The molecule has 0 saturated carbocycles. The van der Waals surface area contributed by atoms with Gasteiger partial charge in [-0.05, 0) is 11.4 Å². The van der Waals surface area contributed by atoms with Gasteiger partial charge >= 0.3 is 10.4 Å². The second-order valence-electron chi connectivity index (χ2n) is 6.21. The van der Waals surface area contributed by atoms with Crippen LogP contribution in [-0.4, -0.2) is 38.5 Å². The van der Waals surface area contributed by atoms with E-state index in [0.29, 0.717) is 0 Å². The van der Waals surface area contributed by atoms with Crippen molar-refractivity contribution in [3.05, 3.63) is 12.4 Å². The molecular formula is C16H33F2N3O2S. The molecule has 0 saturated heterocycles. The highest BCUT2D eigenvalue weighted by Crippen LogP contribution is 2.11. The number of rotatable bonds is 12. The van der Waals surface area contributed by atoms with E-state index >= 15 is 0 Å². The van der Waals surface area contributed by atoms with E-state index in [1.807, 2.05) is 0 Å². The zero-order chi connectivity index (χ0) is 18.3. The monoisotopic (exact) mass is 369 g/mol. The van der Waals surface area contributed by atoms with Crippen molar-refractivity contribution in [3.63, 3.8) is 0 Å². The number of hydrogen-bond acceptors (Lipinski definition) is 4. The van der Waals surface area contributed by atoms with Crippen LogP contribution in [0.25, 0.3) is 0 Å². The van der Waals surface area contributed by atoms with Gasteiger partial charge in [0.1, 0.15) is 0 Å². The van der Waals surface area contributed by atoms with E-state index in [4.69, 9.17) is 8.42 Å². The molecule has 1 aliphatic heterocycles. The highest BCUT2D eigenvalue weighted by Gasteiger charge is 2.06. The minimum Gasteiger partial charge on any atom is -0.362 e. The topological polar surface area (TPSA) is 52.7 Å². The second-order valence-corrected chi connectivity index (χ2v) is 7.24. The van der Waals surface area contributed by atoms with E-state index < -0.39 is 10.4 Å². The van der Waals surface area contributed by atoms with E-state index in [2.05, 4.69) is 36.2 Å². The summed E-state index contributed by atoms with van der Waals surface area (Å²) in [6.07, 6.45) is 18.6. The number of hydrogen-bond donors (Lipinski definition) is 1.